The lowest BCUT2D eigenvalue weighted by atomic mass is 10.1. The number of hydrogen-bond donors (Lipinski definition) is 3. The van der Waals surface area contributed by atoms with Gasteiger partial charge in [-0.05, 0) is 19.1 Å². The molecule has 0 saturated carbocycles. The first-order chi connectivity index (χ1) is 8.49. The first-order valence-corrected chi connectivity index (χ1v) is 5.07. The van der Waals surface area contributed by atoms with Crippen molar-refractivity contribution >= 4 is 17.8 Å². The van der Waals surface area contributed by atoms with Gasteiger partial charge in [0.05, 0.1) is 0 Å². The number of benzene rings is 1. The fraction of sp³-hybridized carbons (Fsp3) is 0.0833. The number of carboxylic acid groups (broad SMARTS) is 1. The number of carbonyl (C=O) groups excluding carboxylic acids is 2. The van der Waals surface area contributed by atoms with Gasteiger partial charge < -0.3 is 5.11 Å². The van der Waals surface area contributed by atoms with Crippen molar-refractivity contribution in [2.45, 2.75) is 6.92 Å². The Morgan fingerprint density at radius 1 is 1.06 bits per heavy atom. The van der Waals surface area contributed by atoms with Gasteiger partial charge in [-0.3, -0.25) is 20.4 Å². The summed E-state index contributed by atoms with van der Waals surface area (Å²) in [6, 6.07) is 6.76. The lowest BCUT2D eigenvalue weighted by molar-refractivity contribution is -0.131. The number of nitrogens with one attached hydrogen (secondary N) is 2. The predicted octanol–water partition coefficient (Wildman–Crippen LogP) is 0.397. The third-order valence-corrected chi connectivity index (χ3v) is 1.99. The molecular formula is C12H12N2O4. The zero-order chi connectivity index (χ0) is 13.5. The second kappa shape index (κ2) is 6.19. The standard InChI is InChI=1S/C12H12N2O4/c1-8-2-4-9(5-3-8)12(18)14-13-10(15)6-7-11(16)17/h2-7H,1H3,(H,13,15)(H,14,18)(H,16,17)/b7-6+. The molecule has 0 radical (unpaired) electrons. The van der Waals surface area contributed by atoms with Crippen molar-refractivity contribution in [2.24, 2.45) is 0 Å². The summed E-state index contributed by atoms with van der Waals surface area (Å²) in [5.41, 5.74) is 5.63. The third-order valence-electron chi connectivity index (χ3n) is 1.99. The summed E-state index contributed by atoms with van der Waals surface area (Å²) >= 11 is 0. The molecule has 0 aliphatic carbocycles. The minimum atomic E-state index is -1.24. The van der Waals surface area contributed by atoms with E-state index in [-0.39, 0.29) is 0 Å². The molecule has 0 aliphatic heterocycles. The number of rotatable bonds is 3. The summed E-state index contributed by atoms with van der Waals surface area (Å²) in [7, 11) is 0. The molecule has 0 spiro atoms. The number of hydrogen-bond acceptors (Lipinski definition) is 3. The highest BCUT2D eigenvalue weighted by atomic mass is 16.4. The van der Waals surface area contributed by atoms with E-state index in [1.807, 2.05) is 6.92 Å². The van der Waals surface area contributed by atoms with Crippen molar-refractivity contribution in [1.29, 1.82) is 0 Å². The Bertz CT molecular complexity index is 491. The summed E-state index contributed by atoms with van der Waals surface area (Å²) in [5, 5.41) is 8.29. The molecule has 1 aromatic rings. The van der Waals surface area contributed by atoms with Crippen LogP contribution in [0.25, 0.3) is 0 Å². The Hall–Kier alpha value is -2.63. The summed E-state index contributed by atoms with van der Waals surface area (Å²) in [6.45, 7) is 1.89. The van der Waals surface area contributed by atoms with Gasteiger partial charge in [0.25, 0.3) is 11.8 Å². The lowest BCUT2D eigenvalue weighted by Gasteiger charge is -2.05. The van der Waals surface area contributed by atoms with E-state index in [2.05, 4.69) is 10.9 Å². The van der Waals surface area contributed by atoms with Crippen LogP contribution in [0.4, 0.5) is 0 Å². The molecule has 0 unspecified atom stereocenters. The fourth-order valence-electron chi connectivity index (χ4n) is 1.08. The topological polar surface area (TPSA) is 95.5 Å². The number of carbonyl (C=O) groups is 3. The van der Waals surface area contributed by atoms with Gasteiger partial charge in [0.15, 0.2) is 0 Å². The average Bonchev–Trinajstić information content (AvgIpc) is 2.34. The van der Waals surface area contributed by atoms with E-state index in [0.717, 1.165) is 11.6 Å². The minimum Gasteiger partial charge on any atom is -0.478 e. The first-order valence-electron chi connectivity index (χ1n) is 5.07. The predicted molar refractivity (Wildman–Crippen MR) is 63.6 cm³/mol. The molecule has 6 heteroatoms. The van der Waals surface area contributed by atoms with Crippen LogP contribution >= 0.6 is 0 Å². The molecular weight excluding hydrogens is 236 g/mol. The zero-order valence-electron chi connectivity index (χ0n) is 9.64. The van der Waals surface area contributed by atoms with Crippen molar-refractivity contribution in [3.05, 3.63) is 47.5 Å². The Labute approximate surface area is 103 Å². The van der Waals surface area contributed by atoms with Crippen LogP contribution in [-0.2, 0) is 9.59 Å². The van der Waals surface area contributed by atoms with Crippen molar-refractivity contribution < 1.29 is 19.5 Å². The third kappa shape index (κ3) is 4.48. The minimum absolute atomic E-state index is 0.392. The number of carboxylic acids is 1. The Morgan fingerprint density at radius 3 is 2.22 bits per heavy atom. The molecule has 2 amide bonds. The molecule has 0 fully saturated rings. The van der Waals surface area contributed by atoms with E-state index in [1.54, 1.807) is 24.3 Å². The molecule has 0 atom stereocenters. The van der Waals surface area contributed by atoms with Gasteiger partial charge in [-0.15, -0.1) is 0 Å². The Balaban J connectivity index is 2.49. The van der Waals surface area contributed by atoms with Gasteiger partial charge in [-0.25, -0.2) is 4.79 Å². The van der Waals surface area contributed by atoms with Gasteiger partial charge in [0.1, 0.15) is 0 Å². The zero-order valence-corrected chi connectivity index (χ0v) is 9.64. The molecule has 0 saturated heterocycles. The molecule has 18 heavy (non-hydrogen) atoms. The maximum atomic E-state index is 11.5. The molecule has 0 bridgehead atoms. The van der Waals surface area contributed by atoms with Crippen molar-refractivity contribution in [2.75, 3.05) is 0 Å². The monoisotopic (exact) mass is 248 g/mol. The highest BCUT2D eigenvalue weighted by Crippen LogP contribution is 2.02. The van der Waals surface area contributed by atoms with Gasteiger partial charge >= 0.3 is 5.97 Å². The van der Waals surface area contributed by atoms with Crippen LogP contribution < -0.4 is 10.9 Å². The van der Waals surface area contributed by atoms with Gasteiger partial charge in [0, 0.05) is 17.7 Å². The largest absolute Gasteiger partial charge is 0.478 e. The van der Waals surface area contributed by atoms with E-state index in [0.29, 0.717) is 11.6 Å². The number of hydrazine groups is 1. The fourth-order valence-corrected chi connectivity index (χ4v) is 1.08. The quantitative estimate of drug-likeness (QED) is 0.533. The van der Waals surface area contributed by atoms with E-state index in [9.17, 15) is 14.4 Å². The summed E-state index contributed by atoms with van der Waals surface area (Å²) in [6.07, 6.45) is 1.48. The van der Waals surface area contributed by atoms with Gasteiger partial charge in [-0.1, -0.05) is 17.7 Å². The van der Waals surface area contributed by atoms with Crippen LogP contribution in [0.5, 0.6) is 0 Å². The normalized spacial score (nSPS) is 10.1. The van der Waals surface area contributed by atoms with Crippen molar-refractivity contribution in [3.8, 4) is 0 Å². The van der Waals surface area contributed by atoms with Crippen LogP contribution in [0.2, 0.25) is 0 Å². The van der Waals surface area contributed by atoms with Crippen molar-refractivity contribution in [3.63, 3.8) is 0 Å². The SMILES string of the molecule is Cc1ccc(C(=O)NNC(=O)/C=C/C(=O)O)cc1. The molecule has 94 valence electrons. The highest BCUT2D eigenvalue weighted by Gasteiger charge is 2.05. The maximum Gasteiger partial charge on any atom is 0.328 e. The average molecular weight is 248 g/mol. The Kier molecular flexibility index (Phi) is 4.62. The smallest absolute Gasteiger partial charge is 0.328 e. The van der Waals surface area contributed by atoms with Crippen LogP contribution in [0.1, 0.15) is 15.9 Å². The summed E-state index contributed by atoms with van der Waals surface area (Å²) < 4.78 is 0. The highest BCUT2D eigenvalue weighted by molar-refractivity contribution is 5.98. The number of aryl methyl sites for hydroxylation is 1. The second-order valence-corrected chi connectivity index (χ2v) is 3.48. The summed E-state index contributed by atoms with van der Waals surface area (Å²) in [4.78, 5) is 32.7. The van der Waals surface area contributed by atoms with Gasteiger partial charge in [-0.2, -0.15) is 0 Å². The van der Waals surface area contributed by atoms with Crippen LogP contribution in [-0.4, -0.2) is 22.9 Å². The second-order valence-electron chi connectivity index (χ2n) is 3.48. The molecule has 0 aliphatic rings. The molecule has 1 rings (SSSR count). The first kappa shape index (κ1) is 13.4. The maximum absolute atomic E-state index is 11.5. The lowest BCUT2D eigenvalue weighted by Crippen LogP contribution is -2.40. The molecule has 3 N–H and O–H groups in total. The molecule has 0 aromatic heterocycles. The molecule has 6 nitrogen and oxygen atoms in total. The van der Waals surface area contributed by atoms with E-state index >= 15 is 0 Å². The van der Waals surface area contributed by atoms with Crippen LogP contribution in [0, 0.1) is 6.92 Å². The number of amides is 2. The molecule has 1 aromatic carbocycles. The van der Waals surface area contributed by atoms with Crippen molar-refractivity contribution in [1.82, 2.24) is 10.9 Å². The number of aliphatic carboxylic acids is 1. The Morgan fingerprint density at radius 2 is 1.67 bits per heavy atom. The van der Waals surface area contributed by atoms with E-state index in [1.165, 1.54) is 0 Å². The van der Waals surface area contributed by atoms with E-state index in [4.69, 9.17) is 5.11 Å². The van der Waals surface area contributed by atoms with Gasteiger partial charge in [0.2, 0.25) is 0 Å². The summed E-state index contributed by atoms with van der Waals surface area (Å²) in [5.74, 6) is -2.44. The van der Waals surface area contributed by atoms with Crippen LogP contribution in [0.15, 0.2) is 36.4 Å². The van der Waals surface area contributed by atoms with Crippen LogP contribution in [0.3, 0.4) is 0 Å². The van der Waals surface area contributed by atoms with E-state index < -0.39 is 17.8 Å². The molecule has 0 heterocycles.